The highest BCUT2D eigenvalue weighted by atomic mass is 35.5. The maximum Gasteiger partial charge on any atom is 0.319 e. The number of benzene rings is 1. The zero-order chi connectivity index (χ0) is 19.1. The Kier molecular flexibility index (Phi) is 8.50. The first kappa shape index (κ1) is 22.4. The van der Waals surface area contributed by atoms with Crippen LogP contribution in [0.15, 0.2) is 24.3 Å². The molecule has 156 valence electrons. The normalized spacial score (nSPS) is 20.7. The van der Waals surface area contributed by atoms with E-state index in [9.17, 15) is 9.59 Å². The fourth-order valence-electron chi connectivity index (χ4n) is 3.42. The molecule has 2 saturated heterocycles. The topological polar surface area (TPSA) is 101 Å². The Morgan fingerprint density at radius 2 is 1.82 bits per heavy atom. The molecular weight excluding hydrogens is 384 g/mol. The Labute approximate surface area is 171 Å². The van der Waals surface area contributed by atoms with Crippen molar-refractivity contribution in [2.45, 2.75) is 37.4 Å². The number of amides is 3. The van der Waals surface area contributed by atoms with Crippen molar-refractivity contribution < 1.29 is 19.1 Å². The second kappa shape index (κ2) is 10.6. The van der Waals surface area contributed by atoms with E-state index in [2.05, 4.69) is 21.3 Å². The molecule has 0 aromatic heterocycles. The predicted octanol–water partition coefficient (Wildman–Crippen LogP) is 2.12. The largest absolute Gasteiger partial charge is 0.376 e. The first-order valence-corrected chi connectivity index (χ1v) is 9.45. The number of carbonyl (C=O) groups excluding carboxylic acids is 2. The fourth-order valence-corrected chi connectivity index (χ4v) is 3.42. The van der Waals surface area contributed by atoms with Crippen molar-refractivity contribution in [1.82, 2.24) is 10.6 Å². The van der Waals surface area contributed by atoms with Crippen molar-refractivity contribution >= 4 is 35.7 Å². The third-order valence-electron chi connectivity index (χ3n) is 5.13. The van der Waals surface area contributed by atoms with Crippen molar-refractivity contribution in [3.8, 4) is 0 Å². The average Bonchev–Trinajstić information content (AvgIpc) is 3.22. The lowest BCUT2D eigenvalue weighted by atomic mass is 9.91. The van der Waals surface area contributed by atoms with Crippen molar-refractivity contribution in [2.75, 3.05) is 44.0 Å². The molecule has 1 atom stereocenters. The zero-order valence-corrected chi connectivity index (χ0v) is 16.9. The molecule has 28 heavy (non-hydrogen) atoms. The molecule has 0 saturated carbocycles. The molecule has 2 fully saturated rings. The van der Waals surface area contributed by atoms with E-state index in [1.165, 1.54) is 0 Å². The highest BCUT2D eigenvalue weighted by Gasteiger charge is 2.39. The van der Waals surface area contributed by atoms with Gasteiger partial charge in [0.2, 0.25) is 0 Å². The second-order valence-corrected chi connectivity index (χ2v) is 6.95. The van der Waals surface area contributed by atoms with E-state index in [0.717, 1.165) is 32.5 Å². The molecule has 1 unspecified atom stereocenters. The summed E-state index contributed by atoms with van der Waals surface area (Å²) in [6, 6.07) is 6.76. The first-order chi connectivity index (χ1) is 13.1. The molecule has 0 bridgehead atoms. The minimum atomic E-state index is -0.787. The van der Waals surface area contributed by atoms with Crippen LogP contribution in [-0.4, -0.2) is 57.0 Å². The molecule has 1 aromatic rings. The summed E-state index contributed by atoms with van der Waals surface area (Å²) in [5.74, 6) is -0.137. The number of anilines is 2. The van der Waals surface area contributed by atoms with Crippen molar-refractivity contribution in [3.63, 3.8) is 0 Å². The number of hydrogen-bond donors (Lipinski definition) is 4. The SMILES string of the molecule is COC1(C(=O)Nc2ccc(NC(=O)NCC3CCCO3)cc2)CCNCC1.Cl. The summed E-state index contributed by atoms with van der Waals surface area (Å²) in [5, 5.41) is 11.7. The Balaban J connectivity index is 0.00000280. The molecule has 3 rings (SSSR count). The second-order valence-electron chi connectivity index (χ2n) is 6.95. The lowest BCUT2D eigenvalue weighted by molar-refractivity contribution is -0.140. The standard InChI is InChI=1S/C19H28N4O4.ClH/c1-26-19(8-10-20-11-9-19)17(24)22-14-4-6-15(7-5-14)23-18(25)21-13-16-3-2-12-27-16;/h4-7,16,20H,2-3,8-13H2,1H3,(H,22,24)(H2,21,23,25);1H. The van der Waals surface area contributed by atoms with Gasteiger partial charge in [-0.3, -0.25) is 4.79 Å². The molecule has 0 aliphatic carbocycles. The summed E-state index contributed by atoms with van der Waals surface area (Å²) < 4.78 is 11.0. The van der Waals surface area contributed by atoms with Crippen molar-refractivity contribution in [1.29, 1.82) is 0 Å². The van der Waals surface area contributed by atoms with Crippen LogP contribution in [0.5, 0.6) is 0 Å². The molecule has 9 heteroatoms. The Morgan fingerprint density at radius 3 is 2.39 bits per heavy atom. The van der Waals surface area contributed by atoms with E-state index in [-0.39, 0.29) is 30.4 Å². The van der Waals surface area contributed by atoms with Crippen LogP contribution in [0.25, 0.3) is 0 Å². The van der Waals surface area contributed by atoms with Crippen LogP contribution < -0.4 is 21.3 Å². The van der Waals surface area contributed by atoms with Crippen LogP contribution in [-0.2, 0) is 14.3 Å². The maximum atomic E-state index is 12.6. The lowest BCUT2D eigenvalue weighted by Crippen LogP contribution is -2.51. The zero-order valence-electron chi connectivity index (χ0n) is 16.1. The van der Waals surface area contributed by atoms with E-state index >= 15 is 0 Å². The lowest BCUT2D eigenvalue weighted by Gasteiger charge is -2.34. The number of nitrogens with one attached hydrogen (secondary N) is 4. The first-order valence-electron chi connectivity index (χ1n) is 9.45. The van der Waals surface area contributed by atoms with Gasteiger partial charge >= 0.3 is 6.03 Å². The summed E-state index contributed by atoms with van der Waals surface area (Å²) in [5.41, 5.74) is 0.533. The van der Waals surface area contributed by atoms with Crippen LogP contribution in [0.1, 0.15) is 25.7 Å². The van der Waals surface area contributed by atoms with Gasteiger partial charge in [-0.15, -0.1) is 12.4 Å². The number of methoxy groups -OCH3 is 1. The van der Waals surface area contributed by atoms with Crippen molar-refractivity contribution in [3.05, 3.63) is 24.3 Å². The molecule has 4 N–H and O–H groups in total. The number of rotatable bonds is 6. The fraction of sp³-hybridized carbons (Fsp3) is 0.579. The minimum Gasteiger partial charge on any atom is -0.376 e. The Bertz CT molecular complexity index is 644. The quantitative estimate of drug-likeness (QED) is 0.573. The van der Waals surface area contributed by atoms with Gasteiger partial charge in [-0.1, -0.05) is 0 Å². The molecule has 2 heterocycles. The minimum absolute atomic E-state index is 0. The molecule has 0 spiro atoms. The van der Waals surface area contributed by atoms with Gasteiger partial charge in [0.1, 0.15) is 5.60 Å². The molecule has 2 aliphatic rings. The Hall–Kier alpha value is -1.87. The number of piperidine rings is 1. The third-order valence-corrected chi connectivity index (χ3v) is 5.13. The van der Waals surface area contributed by atoms with E-state index in [1.807, 2.05) is 0 Å². The van der Waals surface area contributed by atoms with Crippen LogP contribution in [0.4, 0.5) is 16.2 Å². The van der Waals surface area contributed by atoms with E-state index in [4.69, 9.17) is 9.47 Å². The van der Waals surface area contributed by atoms with E-state index < -0.39 is 5.60 Å². The molecule has 3 amide bonds. The smallest absolute Gasteiger partial charge is 0.319 e. The van der Waals surface area contributed by atoms with Gasteiger partial charge in [0, 0.05) is 31.6 Å². The van der Waals surface area contributed by atoms with Crippen LogP contribution in [0.3, 0.4) is 0 Å². The molecule has 2 aliphatic heterocycles. The average molecular weight is 413 g/mol. The van der Waals surface area contributed by atoms with Crippen LogP contribution >= 0.6 is 12.4 Å². The number of hydrogen-bond acceptors (Lipinski definition) is 5. The number of urea groups is 1. The van der Waals surface area contributed by atoms with Gasteiger partial charge < -0.3 is 30.7 Å². The van der Waals surface area contributed by atoms with Crippen LogP contribution in [0.2, 0.25) is 0 Å². The molecule has 1 aromatic carbocycles. The summed E-state index contributed by atoms with van der Waals surface area (Å²) in [7, 11) is 1.58. The summed E-state index contributed by atoms with van der Waals surface area (Å²) >= 11 is 0. The van der Waals surface area contributed by atoms with Crippen LogP contribution in [0, 0.1) is 0 Å². The van der Waals surface area contributed by atoms with Gasteiger partial charge in [-0.2, -0.15) is 0 Å². The van der Waals surface area contributed by atoms with Gasteiger partial charge in [-0.05, 0) is 63.0 Å². The van der Waals surface area contributed by atoms with E-state index in [0.29, 0.717) is 30.8 Å². The van der Waals surface area contributed by atoms with Gasteiger partial charge in [0.15, 0.2) is 0 Å². The summed E-state index contributed by atoms with van der Waals surface area (Å²) in [6.07, 6.45) is 3.41. The molecular formula is C19H29ClN4O4. The van der Waals surface area contributed by atoms with Gasteiger partial charge in [0.05, 0.1) is 6.10 Å². The molecule has 0 radical (unpaired) electrons. The van der Waals surface area contributed by atoms with Gasteiger partial charge in [-0.25, -0.2) is 4.79 Å². The molecule has 8 nitrogen and oxygen atoms in total. The number of ether oxygens (including phenoxy) is 2. The maximum absolute atomic E-state index is 12.6. The third kappa shape index (κ3) is 5.81. The van der Waals surface area contributed by atoms with E-state index in [1.54, 1.807) is 31.4 Å². The predicted molar refractivity (Wildman–Crippen MR) is 110 cm³/mol. The summed E-state index contributed by atoms with van der Waals surface area (Å²) in [6.45, 7) is 2.78. The Morgan fingerprint density at radius 1 is 1.18 bits per heavy atom. The summed E-state index contributed by atoms with van der Waals surface area (Å²) in [4.78, 5) is 24.6. The number of carbonyl (C=O) groups is 2. The van der Waals surface area contributed by atoms with Crippen molar-refractivity contribution in [2.24, 2.45) is 0 Å². The monoisotopic (exact) mass is 412 g/mol. The highest BCUT2D eigenvalue weighted by Crippen LogP contribution is 2.25. The van der Waals surface area contributed by atoms with Gasteiger partial charge in [0.25, 0.3) is 5.91 Å². The number of halogens is 1. The highest BCUT2D eigenvalue weighted by molar-refractivity contribution is 5.98.